The van der Waals surface area contributed by atoms with Crippen LogP contribution < -0.4 is 0 Å². The van der Waals surface area contributed by atoms with Gasteiger partial charge in [-0.15, -0.1) is 0 Å². The van der Waals surface area contributed by atoms with Crippen molar-refractivity contribution < 1.29 is 5.11 Å². The van der Waals surface area contributed by atoms with Gasteiger partial charge < -0.3 is 5.11 Å². The molecule has 0 aliphatic heterocycles. The zero-order valence-electron chi connectivity index (χ0n) is 8.49. The highest BCUT2D eigenvalue weighted by Crippen LogP contribution is 2.20. The first-order valence-corrected chi connectivity index (χ1v) is 4.76. The lowest BCUT2D eigenvalue weighted by atomic mass is 10.1. The number of fused-ring (bicyclic) bond motifs is 1. The Kier molecular flexibility index (Phi) is 2.25. The summed E-state index contributed by atoms with van der Waals surface area (Å²) in [6.45, 7) is 2.22. The lowest BCUT2D eigenvalue weighted by Gasteiger charge is -1.98. The second-order valence-corrected chi connectivity index (χ2v) is 3.51. The van der Waals surface area contributed by atoms with Crippen molar-refractivity contribution in [1.82, 2.24) is 9.78 Å². The molecule has 0 saturated carbocycles. The van der Waals surface area contributed by atoms with Crippen LogP contribution >= 0.6 is 0 Å². The summed E-state index contributed by atoms with van der Waals surface area (Å²) in [5, 5.41) is 14.5. The molecule has 2 aromatic rings. The number of aliphatic hydroxyl groups excluding tert-OH is 1. The molecular weight excluding hydrogens is 176 g/mol. The molecule has 1 heterocycles. The lowest BCUT2D eigenvalue weighted by molar-refractivity contribution is 0.296. The Labute approximate surface area is 83.0 Å². The fourth-order valence-electron chi connectivity index (χ4n) is 1.81. The quantitative estimate of drug-likeness (QED) is 0.777. The Morgan fingerprint density at radius 3 is 2.93 bits per heavy atom. The maximum Gasteiger partial charge on any atom is 0.0955 e. The van der Waals surface area contributed by atoms with E-state index >= 15 is 0 Å². The van der Waals surface area contributed by atoms with Crippen molar-refractivity contribution in [2.75, 3.05) is 6.61 Å². The number of benzene rings is 1. The predicted molar refractivity (Wildman–Crippen MR) is 56.2 cm³/mol. The molecule has 0 atom stereocenters. The second-order valence-electron chi connectivity index (χ2n) is 3.51. The Morgan fingerprint density at radius 1 is 1.43 bits per heavy atom. The van der Waals surface area contributed by atoms with Gasteiger partial charge in [-0.2, -0.15) is 5.10 Å². The number of aryl methyl sites for hydroxylation is 2. The largest absolute Gasteiger partial charge is 0.396 e. The summed E-state index contributed by atoms with van der Waals surface area (Å²) in [4.78, 5) is 0. The topological polar surface area (TPSA) is 38.0 Å². The fourth-order valence-corrected chi connectivity index (χ4v) is 1.81. The second kappa shape index (κ2) is 3.42. The van der Waals surface area contributed by atoms with E-state index in [-0.39, 0.29) is 6.61 Å². The predicted octanol–water partition coefficient (Wildman–Crippen LogP) is 1.42. The average molecular weight is 190 g/mol. The number of hydrogen-bond acceptors (Lipinski definition) is 2. The summed E-state index contributed by atoms with van der Waals surface area (Å²) in [7, 11) is 1.92. The molecule has 0 aliphatic rings. The van der Waals surface area contributed by atoms with Gasteiger partial charge in [0.1, 0.15) is 0 Å². The van der Waals surface area contributed by atoms with E-state index < -0.39 is 0 Å². The lowest BCUT2D eigenvalue weighted by Crippen LogP contribution is -2.00. The molecule has 0 fully saturated rings. The molecule has 0 radical (unpaired) electrons. The van der Waals surface area contributed by atoms with Crippen LogP contribution in [0.2, 0.25) is 0 Å². The van der Waals surface area contributed by atoms with Crippen LogP contribution in [0.1, 0.15) is 11.3 Å². The van der Waals surface area contributed by atoms with Gasteiger partial charge >= 0.3 is 0 Å². The molecule has 0 spiro atoms. The van der Waals surface area contributed by atoms with E-state index in [1.165, 1.54) is 5.56 Å². The summed E-state index contributed by atoms with van der Waals surface area (Å²) >= 11 is 0. The molecule has 0 aliphatic carbocycles. The molecule has 74 valence electrons. The van der Waals surface area contributed by atoms with Crippen molar-refractivity contribution in [3.63, 3.8) is 0 Å². The van der Waals surface area contributed by atoms with E-state index in [4.69, 9.17) is 5.11 Å². The van der Waals surface area contributed by atoms with E-state index in [1.807, 2.05) is 17.8 Å². The van der Waals surface area contributed by atoms with Crippen molar-refractivity contribution in [3.05, 3.63) is 29.5 Å². The van der Waals surface area contributed by atoms with E-state index in [2.05, 4.69) is 24.2 Å². The smallest absolute Gasteiger partial charge is 0.0955 e. The van der Waals surface area contributed by atoms with Crippen LogP contribution in [0.4, 0.5) is 0 Å². The first-order valence-electron chi connectivity index (χ1n) is 4.76. The van der Waals surface area contributed by atoms with Gasteiger partial charge in [-0.05, 0) is 12.5 Å². The third-order valence-electron chi connectivity index (χ3n) is 2.54. The van der Waals surface area contributed by atoms with E-state index in [0.29, 0.717) is 6.42 Å². The van der Waals surface area contributed by atoms with Gasteiger partial charge in [-0.25, -0.2) is 0 Å². The zero-order valence-corrected chi connectivity index (χ0v) is 8.49. The van der Waals surface area contributed by atoms with Crippen LogP contribution in [0, 0.1) is 6.92 Å². The molecule has 0 amide bonds. The molecule has 14 heavy (non-hydrogen) atoms. The maximum absolute atomic E-state index is 8.95. The molecular formula is C11H14N2O. The van der Waals surface area contributed by atoms with Crippen molar-refractivity contribution in [1.29, 1.82) is 0 Å². The normalized spacial score (nSPS) is 11.1. The summed E-state index contributed by atoms with van der Waals surface area (Å²) in [6, 6.07) is 6.14. The van der Waals surface area contributed by atoms with Crippen LogP contribution in [0.15, 0.2) is 18.2 Å². The average Bonchev–Trinajstić information content (AvgIpc) is 2.47. The van der Waals surface area contributed by atoms with Gasteiger partial charge in [0.15, 0.2) is 0 Å². The summed E-state index contributed by atoms with van der Waals surface area (Å²) in [5.41, 5.74) is 3.33. The minimum absolute atomic E-state index is 0.169. The summed E-state index contributed by atoms with van der Waals surface area (Å²) in [6.07, 6.45) is 0.663. The van der Waals surface area contributed by atoms with Crippen molar-refractivity contribution in [2.24, 2.45) is 7.05 Å². The van der Waals surface area contributed by atoms with E-state index in [1.54, 1.807) is 0 Å². The van der Waals surface area contributed by atoms with Gasteiger partial charge in [-0.3, -0.25) is 4.68 Å². The van der Waals surface area contributed by atoms with Crippen LogP contribution in [-0.4, -0.2) is 21.5 Å². The Bertz CT molecular complexity index is 460. The van der Waals surface area contributed by atoms with E-state index in [9.17, 15) is 0 Å². The van der Waals surface area contributed by atoms with Crippen molar-refractivity contribution in [3.8, 4) is 0 Å². The molecule has 1 aromatic heterocycles. The zero-order chi connectivity index (χ0) is 10.1. The molecule has 1 N–H and O–H groups in total. The van der Waals surface area contributed by atoms with Crippen LogP contribution in [0.25, 0.3) is 10.9 Å². The SMILES string of the molecule is Cc1cccc2c(CCO)n(C)nc12. The molecule has 1 aromatic carbocycles. The highest BCUT2D eigenvalue weighted by Gasteiger charge is 2.08. The molecule has 2 rings (SSSR count). The van der Waals surface area contributed by atoms with Gasteiger partial charge in [0, 0.05) is 31.2 Å². The molecule has 0 unspecified atom stereocenters. The molecule has 0 saturated heterocycles. The van der Waals surface area contributed by atoms with Crippen LogP contribution in [-0.2, 0) is 13.5 Å². The Hall–Kier alpha value is -1.35. The van der Waals surface area contributed by atoms with Crippen LogP contribution in [0.3, 0.4) is 0 Å². The minimum Gasteiger partial charge on any atom is -0.396 e. The first kappa shape index (κ1) is 9.21. The van der Waals surface area contributed by atoms with Crippen molar-refractivity contribution in [2.45, 2.75) is 13.3 Å². The van der Waals surface area contributed by atoms with Crippen LogP contribution in [0.5, 0.6) is 0 Å². The van der Waals surface area contributed by atoms with Gasteiger partial charge in [0.2, 0.25) is 0 Å². The third-order valence-corrected chi connectivity index (χ3v) is 2.54. The van der Waals surface area contributed by atoms with Crippen molar-refractivity contribution >= 4 is 10.9 Å². The molecule has 3 nitrogen and oxygen atoms in total. The fraction of sp³-hybridized carbons (Fsp3) is 0.364. The first-order chi connectivity index (χ1) is 6.74. The van der Waals surface area contributed by atoms with E-state index in [0.717, 1.165) is 16.6 Å². The monoisotopic (exact) mass is 190 g/mol. The number of aromatic nitrogens is 2. The van der Waals surface area contributed by atoms with Gasteiger partial charge in [-0.1, -0.05) is 18.2 Å². The van der Waals surface area contributed by atoms with Gasteiger partial charge in [0.25, 0.3) is 0 Å². The minimum atomic E-state index is 0.169. The summed E-state index contributed by atoms with van der Waals surface area (Å²) in [5.74, 6) is 0. The number of rotatable bonds is 2. The maximum atomic E-state index is 8.95. The highest BCUT2D eigenvalue weighted by atomic mass is 16.3. The number of hydrogen-bond donors (Lipinski definition) is 1. The van der Waals surface area contributed by atoms with Gasteiger partial charge in [0.05, 0.1) is 5.52 Å². The summed E-state index contributed by atoms with van der Waals surface area (Å²) < 4.78 is 1.86. The highest BCUT2D eigenvalue weighted by molar-refractivity contribution is 5.84. The number of nitrogens with zero attached hydrogens (tertiary/aromatic N) is 2. The third kappa shape index (κ3) is 1.30. The standard InChI is InChI=1S/C11H14N2O/c1-8-4-3-5-9-10(6-7-14)13(2)12-11(8)9/h3-5,14H,6-7H2,1-2H3. The number of aliphatic hydroxyl groups is 1. The Morgan fingerprint density at radius 2 is 2.21 bits per heavy atom. The molecule has 0 bridgehead atoms. The Balaban J connectivity index is 2.70. The molecule has 3 heteroatoms.